The van der Waals surface area contributed by atoms with Gasteiger partial charge in [-0.25, -0.2) is 0 Å². The highest BCUT2D eigenvalue weighted by Gasteiger charge is 2.20. The minimum absolute atomic E-state index is 0.133. The predicted molar refractivity (Wildman–Crippen MR) is 89.3 cm³/mol. The maximum atomic E-state index is 10.8. The van der Waals surface area contributed by atoms with E-state index in [1.54, 1.807) is 6.92 Å². The predicted octanol–water partition coefficient (Wildman–Crippen LogP) is 2.57. The normalized spacial score (nSPS) is 12.6. The molecule has 0 saturated heterocycles. The van der Waals surface area contributed by atoms with Gasteiger partial charge in [-0.05, 0) is 61.1 Å². The summed E-state index contributed by atoms with van der Waals surface area (Å²) in [6.07, 6.45) is 2.25. The molecule has 5 nitrogen and oxygen atoms in total. The van der Waals surface area contributed by atoms with Crippen LogP contribution in [0.25, 0.3) is 0 Å². The van der Waals surface area contributed by atoms with E-state index in [2.05, 4.69) is 19.2 Å². The fraction of sp³-hybridized carbons (Fsp3) is 0.941. The molecule has 0 heterocycles. The summed E-state index contributed by atoms with van der Waals surface area (Å²) in [5.41, 5.74) is -0.374. The lowest BCUT2D eigenvalue weighted by molar-refractivity contribution is -0.118. The molecule has 0 amide bonds. The molecule has 0 fully saturated rings. The second-order valence-electron chi connectivity index (χ2n) is 6.88. The molecule has 0 aromatic rings. The van der Waals surface area contributed by atoms with Crippen molar-refractivity contribution in [3.8, 4) is 0 Å². The maximum absolute atomic E-state index is 10.8. The van der Waals surface area contributed by atoms with Crippen LogP contribution >= 0.6 is 0 Å². The van der Waals surface area contributed by atoms with Crippen molar-refractivity contribution >= 4 is 5.78 Å². The molecule has 0 bridgehead atoms. The monoisotopic (exact) mass is 317 g/mol. The molecular weight excluding hydrogens is 282 g/mol. The summed E-state index contributed by atoms with van der Waals surface area (Å²) in [5.74, 6) is 0.161. The van der Waals surface area contributed by atoms with E-state index in [1.165, 1.54) is 0 Å². The van der Waals surface area contributed by atoms with Crippen LogP contribution in [0.4, 0.5) is 0 Å². The molecule has 0 rings (SSSR count). The number of nitrogens with one attached hydrogen (secondary N) is 1. The van der Waals surface area contributed by atoms with Crippen molar-refractivity contribution in [1.82, 2.24) is 5.32 Å². The van der Waals surface area contributed by atoms with E-state index in [-0.39, 0.29) is 17.0 Å². The highest BCUT2D eigenvalue weighted by atomic mass is 16.5. The number of carbonyl (C=O) groups is 1. The number of ketones is 1. The first-order valence-corrected chi connectivity index (χ1v) is 8.18. The van der Waals surface area contributed by atoms with E-state index in [1.807, 2.05) is 20.9 Å². The number of Topliss-reactive ketones (excluding diaryl/α,β-unsaturated/α-hetero) is 1. The first-order chi connectivity index (χ1) is 10.2. The molecule has 0 aliphatic heterocycles. The lowest BCUT2D eigenvalue weighted by atomic mass is 10.1. The van der Waals surface area contributed by atoms with Crippen LogP contribution in [-0.4, -0.2) is 57.0 Å². The van der Waals surface area contributed by atoms with E-state index < -0.39 is 0 Å². The van der Waals surface area contributed by atoms with Gasteiger partial charge in [-0.3, -0.25) is 4.79 Å². The Morgan fingerprint density at radius 2 is 1.45 bits per heavy atom. The van der Waals surface area contributed by atoms with Crippen molar-refractivity contribution in [1.29, 1.82) is 0 Å². The molecule has 0 unspecified atom stereocenters. The van der Waals surface area contributed by atoms with E-state index in [0.29, 0.717) is 32.8 Å². The SMILES string of the molecule is CNCCC(C)(C)OCCOC(C)(C)CCOCCC(C)=O. The van der Waals surface area contributed by atoms with Crippen molar-refractivity contribution in [3.63, 3.8) is 0 Å². The van der Waals surface area contributed by atoms with Crippen molar-refractivity contribution < 1.29 is 19.0 Å². The summed E-state index contributed by atoms with van der Waals surface area (Å²) in [7, 11) is 1.94. The average Bonchev–Trinajstić information content (AvgIpc) is 2.41. The Morgan fingerprint density at radius 1 is 0.909 bits per heavy atom. The molecule has 5 heteroatoms. The van der Waals surface area contributed by atoms with E-state index >= 15 is 0 Å². The van der Waals surface area contributed by atoms with Gasteiger partial charge < -0.3 is 19.5 Å². The van der Waals surface area contributed by atoms with E-state index in [4.69, 9.17) is 14.2 Å². The summed E-state index contributed by atoms with van der Waals surface area (Å²) >= 11 is 0. The average molecular weight is 317 g/mol. The lowest BCUT2D eigenvalue weighted by Gasteiger charge is -2.28. The van der Waals surface area contributed by atoms with E-state index in [9.17, 15) is 4.79 Å². The first-order valence-electron chi connectivity index (χ1n) is 8.18. The Labute approximate surface area is 136 Å². The van der Waals surface area contributed by atoms with Crippen molar-refractivity contribution in [2.24, 2.45) is 0 Å². The van der Waals surface area contributed by atoms with Crippen LogP contribution in [0.2, 0.25) is 0 Å². The molecule has 22 heavy (non-hydrogen) atoms. The van der Waals surface area contributed by atoms with Crippen LogP contribution in [0.3, 0.4) is 0 Å². The Hall–Kier alpha value is -0.490. The highest BCUT2D eigenvalue weighted by molar-refractivity contribution is 5.75. The maximum Gasteiger partial charge on any atom is 0.132 e. The minimum Gasteiger partial charge on any atom is -0.381 e. The summed E-state index contributed by atoms with van der Waals surface area (Å²) in [5, 5.41) is 3.13. The molecular formula is C17H35NO4. The zero-order valence-corrected chi connectivity index (χ0v) is 15.3. The fourth-order valence-corrected chi connectivity index (χ4v) is 1.84. The summed E-state index contributed by atoms with van der Waals surface area (Å²) in [4.78, 5) is 10.8. The smallest absolute Gasteiger partial charge is 0.132 e. The minimum atomic E-state index is -0.241. The van der Waals surface area contributed by atoms with Gasteiger partial charge in [0.15, 0.2) is 0 Å². The van der Waals surface area contributed by atoms with Gasteiger partial charge in [0.1, 0.15) is 5.78 Å². The number of hydrogen-bond acceptors (Lipinski definition) is 5. The summed E-state index contributed by atoms with van der Waals surface area (Å²) in [6.45, 7) is 13.1. The molecule has 0 aliphatic carbocycles. The second-order valence-corrected chi connectivity index (χ2v) is 6.88. The molecule has 0 atom stereocenters. The third-order valence-corrected chi connectivity index (χ3v) is 3.49. The van der Waals surface area contributed by atoms with Gasteiger partial charge in [-0.2, -0.15) is 0 Å². The molecule has 0 spiro atoms. The molecule has 0 saturated carbocycles. The quantitative estimate of drug-likeness (QED) is 0.499. The van der Waals surface area contributed by atoms with Crippen LogP contribution in [0.1, 0.15) is 53.9 Å². The molecule has 0 radical (unpaired) electrons. The number of carbonyl (C=O) groups excluding carboxylic acids is 1. The molecule has 1 N–H and O–H groups in total. The topological polar surface area (TPSA) is 56.8 Å². The third-order valence-electron chi connectivity index (χ3n) is 3.49. The summed E-state index contributed by atoms with van der Waals surface area (Å²) < 4.78 is 17.2. The third kappa shape index (κ3) is 13.2. The van der Waals surface area contributed by atoms with Gasteiger partial charge >= 0.3 is 0 Å². The van der Waals surface area contributed by atoms with Crippen molar-refractivity contribution in [2.45, 2.75) is 65.1 Å². The molecule has 0 aromatic heterocycles. The highest BCUT2D eigenvalue weighted by Crippen LogP contribution is 2.16. The van der Waals surface area contributed by atoms with Gasteiger partial charge in [0.2, 0.25) is 0 Å². The number of hydrogen-bond donors (Lipinski definition) is 1. The van der Waals surface area contributed by atoms with Gasteiger partial charge in [0.05, 0.1) is 31.0 Å². The zero-order chi connectivity index (χ0) is 17.1. The largest absolute Gasteiger partial charge is 0.381 e. The van der Waals surface area contributed by atoms with Crippen LogP contribution in [-0.2, 0) is 19.0 Å². The Bertz CT molecular complexity index is 303. The van der Waals surface area contributed by atoms with E-state index in [0.717, 1.165) is 19.4 Å². The lowest BCUT2D eigenvalue weighted by Crippen LogP contribution is -2.32. The van der Waals surface area contributed by atoms with Crippen LogP contribution in [0.5, 0.6) is 0 Å². The van der Waals surface area contributed by atoms with Crippen LogP contribution in [0, 0.1) is 0 Å². The van der Waals surface area contributed by atoms with Gasteiger partial charge in [-0.15, -0.1) is 0 Å². The van der Waals surface area contributed by atoms with Crippen molar-refractivity contribution in [2.75, 3.05) is 40.0 Å². The number of ether oxygens (including phenoxy) is 3. The molecule has 132 valence electrons. The zero-order valence-electron chi connectivity index (χ0n) is 15.3. The Morgan fingerprint density at radius 3 is 1.95 bits per heavy atom. The second kappa shape index (κ2) is 11.1. The Balaban J connectivity index is 3.72. The van der Waals surface area contributed by atoms with Gasteiger partial charge in [-0.1, -0.05) is 0 Å². The summed E-state index contributed by atoms with van der Waals surface area (Å²) in [6, 6.07) is 0. The molecule has 0 aliphatic rings. The standard InChI is InChI=1S/C17H35NO4/c1-15(19)7-11-20-12-9-17(4,5)22-14-13-21-16(2,3)8-10-18-6/h18H,7-14H2,1-6H3. The molecule has 0 aromatic carbocycles. The van der Waals surface area contributed by atoms with Gasteiger partial charge in [0, 0.05) is 13.0 Å². The van der Waals surface area contributed by atoms with Crippen molar-refractivity contribution in [3.05, 3.63) is 0 Å². The Kier molecular flexibility index (Phi) is 10.9. The van der Waals surface area contributed by atoms with Crippen LogP contribution in [0.15, 0.2) is 0 Å². The van der Waals surface area contributed by atoms with Gasteiger partial charge in [0.25, 0.3) is 0 Å². The fourth-order valence-electron chi connectivity index (χ4n) is 1.84. The first kappa shape index (κ1) is 21.5. The number of rotatable bonds is 14. The van der Waals surface area contributed by atoms with Crippen LogP contribution < -0.4 is 5.32 Å².